The molecular weight excluding hydrogens is 345 g/mol. The lowest BCUT2D eigenvalue weighted by Crippen LogP contribution is -2.31. The molecule has 0 unspecified atom stereocenters. The first-order valence-corrected chi connectivity index (χ1v) is 7.82. The number of carbonyl (C=O) groups is 1. The maximum absolute atomic E-state index is 12.7. The molecule has 0 saturated carbocycles. The van der Waals surface area contributed by atoms with Crippen molar-refractivity contribution in [2.45, 2.75) is 0 Å². The zero-order valence-corrected chi connectivity index (χ0v) is 14.9. The monoisotopic (exact) mass is 365 g/mol. The Morgan fingerprint density at radius 2 is 1.67 bits per heavy atom. The lowest BCUT2D eigenvalue weighted by molar-refractivity contribution is 0.0781. The second kappa shape index (κ2) is 7.97. The second-order valence-corrected chi connectivity index (χ2v) is 6.22. The van der Waals surface area contributed by atoms with E-state index in [4.69, 9.17) is 0 Å². The molecule has 0 bridgehead atoms. The molecule has 4 nitrogen and oxygen atoms in total. The van der Waals surface area contributed by atoms with Crippen LogP contribution in [0.15, 0.2) is 48.8 Å². The summed E-state index contributed by atoms with van der Waals surface area (Å²) in [5.74, 6) is 1.35. The fourth-order valence-corrected chi connectivity index (χ4v) is 3.55. The number of likely N-dealkylation sites (tertiary alicyclic amines) is 1. The van der Waals surface area contributed by atoms with Crippen molar-refractivity contribution in [3.63, 3.8) is 0 Å². The largest absolute Gasteiger partial charge is 0.338 e. The van der Waals surface area contributed by atoms with E-state index in [0.29, 0.717) is 17.4 Å². The van der Waals surface area contributed by atoms with Crippen molar-refractivity contribution in [3.8, 4) is 11.1 Å². The Morgan fingerprint density at radius 1 is 1.00 bits per heavy atom. The van der Waals surface area contributed by atoms with E-state index in [9.17, 15) is 4.79 Å². The highest BCUT2D eigenvalue weighted by Crippen LogP contribution is 2.28. The van der Waals surface area contributed by atoms with Gasteiger partial charge in [-0.25, -0.2) is 0 Å². The number of pyridine rings is 1. The molecule has 1 amide bonds. The Kier molecular flexibility index (Phi) is 6.21. The molecular formula is C18H21Cl2N3O. The van der Waals surface area contributed by atoms with Gasteiger partial charge >= 0.3 is 0 Å². The van der Waals surface area contributed by atoms with E-state index < -0.39 is 0 Å². The summed E-state index contributed by atoms with van der Waals surface area (Å²) >= 11 is 0. The smallest absolute Gasteiger partial charge is 0.255 e. The van der Waals surface area contributed by atoms with Crippen LogP contribution in [0.4, 0.5) is 0 Å². The van der Waals surface area contributed by atoms with Crippen molar-refractivity contribution >= 4 is 30.7 Å². The van der Waals surface area contributed by atoms with Crippen molar-refractivity contribution < 1.29 is 4.79 Å². The van der Waals surface area contributed by atoms with Crippen LogP contribution in [-0.2, 0) is 0 Å². The predicted octanol–water partition coefficient (Wildman–Crippen LogP) is 2.88. The molecule has 1 aromatic heterocycles. The van der Waals surface area contributed by atoms with Crippen LogP contribution in [0.5, 0.6) is 0 Å². The summed E-state index contributed by atoms with van der Waals surface area (Å²) in [5, 5.41) is 3.40. The minimum absolute atomic E-state index is 0. The Labute approximate surface area is 154 Å². The zero-order chi connectivity index (χ0) is 14.9. The number of halogens is 2. The van der Waals surface area contributed by atoms with Gasteiger partial charge in [-0.2, -0.15) is 0 Å². The predicted molar refractivity (Wildman–Crippen MR) is 99.9 cm³/mol. The van der Waals surface area contributed by atoms with Crippen LogP contribution in [0.2, 0.25) is 0 Å². The fraction of sp³-hybridized carbons (Fsp3) is 0.333. The summed E-state index contributed by atoms with van der Waals surface area (Å²) in [4.78, 5) is 19.0. The van der Waals surface area contributed by atoms with E-state index in [1.165, 1.54) is 0 Å². The third-order valence-corrected chi connectivity index (χ3v) is 4.77. The lowest BCUT2D eigenvalue weighted by atomic mass is 10.0. The van der Waals surface area contributed by atoms with Crippen molar-refractivity contribution in [3.05, 3.63) is 54.4 Å². The van der Waals surface area contributed by atoms with E-state index in [-0.39, 0.29) is 30.7 Å². The number of aromatic nitrogens is 1. The third-order valence-electron chi connectivity index (χ3n) is 4.77. The number of nitrogens with one attached hydrogen (secondary N) is 1. The van der Waals surface area contributed by atoms with Gasteiger partial charge in [0.25, 0.3) is 5.91 Å². The van der Waals surface area contributed by atoms with Gasteiger partial charge in [0.1, 0.15) is 0 Å². The van der Waals surface area contributed by atoms with Crippen molar-refractivity contribution in [2.24, 2.45) is 11.8 Å². The quantitative estimate of drug-likeness (QED) is 0.889. The van der Waals surface area contributed by atoms with Gasteiger partial charge in [0.15, 0.2) is 0 Å². The normalized spacial score (nSPS) is 21.6. The standard InChI is InChI=1S/C18H19N3O.2ClH/c22-18(21-11-16-9-20-10-17(16)12-21)15-6-14(7-19-8-15)13-4-2-1-3-5-13;;/h1-8,16-17,20H,9-12H2;2*1H/t16-,17+;;. The molecule has 1 aromatic carbocycles. The SMILES string of the molecule is Cl.Cl.O=C(c1cncc(-c2ccccc2)c1)N1C[C@H]2CNC[C@H]2C1. The third kappa shape index (κ3) is 3.56. The van der Waals surface area contributed by atoms with Crippen LogP contribution in [0.3, 0.4) is 0 Å². The molecule has 4 rings (SSSR count). The number of hydrogen-bond acceptors (Lipinski definition) is 3. The van der Waals surface area contributed by atoms with Crippen LogP contribution < -0.4 is 5.32 Å². The van der Waals surface area contributed by atoms with Crippen LogP contribution in [0.1, 0.15) is 10.4 Å². The number of hydrogen-bond donors (Lipinski definition) is 1. The number of amides is 1. The molecule has 2 atom stereocenters. The van der Waals surface area contributed by atoms with Crippen LogP contribution in [0, 0.1) is 11.8 Å². The molecule has 2 aromatic rings. The van der Waals surface area contributed by atoms with Gasteiger partial charge in [0, 0.05) is 44.1 Å². The Bertz CT molecular complexity index is 684. The Morgan fingerprint density at radius 3 is 2.33 bits per heavy atom. The molecule has 2 aliphatic heterocycles. The summed E-state index contributed by atoms with van der Waals surface area (Å²) in [5.41, 5.74) is 2.77. The Balaban J connectivity index is 0.00000104. The highest BCUT2D eigenvalue weighted by Gasteiger charge is 2.38. The summed E-state index contributed by atoms with van der Waals surface area (Å²) in [6.07, 6.45) is 3.50. The van der Waals surface area contributed by atoms with Gasteiger partial charge < -0.3 is 10.2 Å². The van der Waals surface area contributed by atoms with Gasteiger partial charge in [0.05, 0.1) is 5.56 Å². The number of nitrogens with zero attached hydrogens (tertiary/aromatic N) is 2. The number of rotatable bonds is 2. The number of benzene rings is 1. The molecule has 2 fully saturated rings. The molecule has 2 saturated heterocycles. The first-order chi connectivity index (χ1) is 10.8. The van der Waals surface area contributed by atoms with Gasteiger partial charge in [-0.1, -0.05) is 30.3 Å². The molecule has 0 radical (unpaired) electrons. The van der Waals surface area contributed by atoms with Gasteiger partial charge in [-0.15, -0.1) is 24.8 Å². The Hall–Kier alpha value is -1.62. The molecule has 1 N–H and O–H groups in total. The van der Waals surface area contributed by atoms with Crippen LogP contribution >= 0.6 is 24.8 Å². The first kappa shape index (κ1) is 18.7. The average Bonchev–Trinajstić information content (AvgIpc) is 3.17. The van der Waals surface area contributed by atoms with Crippen molar-refractivity contribution in [2.75, 3.05) is 26.2 Å². The highest BCUT2D eigenvalue weighted by atomic mass is 35.5. The average molecular weight is 366 g/mol. The summed E-state index contributed by atoms with van der Waals surface area (Å²) in [6.45, 7) is 3.81. The highest BCUT2D eigenvalue weighted by molar-refractivity contribution is 5.95. The van der Waals surface area contributed by atoms with Gasteiger partial charge in [-0.3, -0.25) is 9.78 Å². The first-order valence-electron chi connectivity index (χ1n) is 7.82. The summed E-state index contributed by atoms with van der Waals surface area (Å²) < 4.78 is 0. The fourth-order valence-electron chi connectivity index (χ4n) is 3.55. The maximum atomic E-state index is 12.7. The van der Waals surface area contributed by atoms with E-state index in [1.54, 1.807) is 6.20 Å². The van der Waals surface area contributed by atoms with E-state index in [2.05, 4.69) is 10.3 Å². The van der Waals surface area contributed by atoms with Crippen LogP contribution in [-0.4, -0.2) is 42.0 Å². The molecule has 0 aliphatic carbocycles. The van der Waals surface area contributed by atoms with Crippen molar-refractivity contribution in [1.82, 2.24) is 15.2 Å². The van der Waals surface area contributed by atoms with Gasteiger partial charge in [0.2, 0.25) is 0 Å². The minimum atomic E-state index is 0. The van der Waals surface area contributed by atoms with Crippen LogP contribution in [0.25, 0.3) is 11.1 Å². The maximum Gasteiger partial charge on any atom is 0.255 e. The molecule has 128 valence electrons. The van der Waals surface area contributed by atoms with E-state index in [1.807, 2.05) is 47.5 Å². The number of carbonyl (C=O) groups excluding carboxylic acids is 1. The molecule has 0 spiro atoms. The topological polar surface area (TPSA) is 45.2 Å². The van der Waals surface area contributed by atoms with E-state index >= 15 is 0 Å². The second-order valence-electron chi connectivity index (χ2n) is 6.22. The lowest BCUT2D eigenvalue weighted by Gasteiger charge is -2.17. The van der Waals surface area contributed by atoms with Crippen molar-refractivity contribution in [1.29, 1.82) is 0 Å². The minimum Gasteiger partial charge on any atom is -0.338 e. The molecule has 24 heavy (non-hydrogen) atoms. The molecule has 6 heteroatoms. The van der Waals surface area contributed by atoms with Gasteiger partial charge in [-0.05, 0) is 23.5 Å². The molecule has 3 heterocycles. The number of fused-ring (bicyclic) bond motifs is 1. The summed E-state index contributed by atoms with van der Waals surface area (Å²) in [7, 11) is 0. The summed E-state index contributed by atoms with van der Waals surface area (Å²) in [6, 6.07) is 12.0. The zero-order valence-electron chi connectivity index (χ0n) is 13.2. The van der Waals surface area contributed by atoms with E-state index in [0.717, 1.165) is 37.3 Å². The molecule has 2 aliphatic rings.